The van der Waals surface area contributed by atoms with Crippen LogP contribution in [0.25, 0.3) is 0 Å². The van der Waals surface area contributed by atoms with Crippen LogP contribution in [0.5, 0.6) is 5.75 Å². The Morgan fingerprint density at radius 3 is 3.17 bits per heavy atom. The summed E-state index contributed by atoms with van der Waals surface area (Å²) >= 11 is 1.89. The molecular weight excluding hydrogens is 248 g/mol. The Balaban J connectivity index is 1.88. The zero-order valence-electron chi connectivity index (χ0n) is 10.5. The highest BCUT2D eigenvalue weighted by atomic mass is 32.2. The summed E-state index contributed by atoms with van der Waals surface area (Å²) in [5.74, 6) is 2.70. The minimum absolute atomic E-state index is 0.0465. The van der Waals surface area contributed by atoms with Gasteiger partial charge in [0.1, 0.15) is 5.75 Å². The van der Waals surface area contributed by atoms with Crippen LogP contribution in [-0.4, -0.2) is 41.5 Å². The topological polar surface area (TPSA) is 55.6 Å². The van der Waals surface area contributed by atoms with Gasteiger partial charge < -0.3 is 15.4 Å². The minimum atomic E-state index is 0.0465. The molecule has 4 nitrogen and oxygen atoms in total. The van der Waals surface area contributed by atoms with Crippen molar-refractivity contribution in [2.24, 2.45) is 0 Å². The molecule has 1 aromatic rings. The van der Waals surface area contributed by atoms with Crippen LogP contribution in [0.1, 0.15) is 6.92 Å². The predicted molar refractivity (Wildman–Crippen MR) is 74.8 cm³/mol. The second-order valence-electron chi connectivity index (χ2n) is 4.37. The normalized spacial score (nSPS) is 19.6. The van der Waals surface area contributed by atoms with Gasteiger partial charge in [0.2, 0.25) is 0 Å². The molecule has 0 aliphatic carbocycles. The van der Waals surface area contributed by atoms with Gasteiger partial charge in [-0.15, -0.1) is 0 Å². The van der Waals surface area contributed by atoms with Crippen LogP contribution in [0.4, 0.5) is 5.69 Å². The van der Waals surface area contributed by atoms with Gasteiger partial charge in [-0.3, -0.25) is 4.79 Å². The van der Waals surface area contributed by atoms with Crippen molar-refractivity contribution in [2.45, 2.75) is 13.0 Å². The molecule has 2 rings (SSSR count). The molecule has 1 saturated heterocycles. The number of hydrogen-bond donors (Lipinski definition) is 1. The van der Waals surface area contributed by atoms with E-state index in [0.717, 1.165) is 18.1 Å². The molecule has 1 aromatic carbocycles. The Labute approximate surface area is 111 Å². The van der Waals surface area contributed by atoms with Crippen molar-refractivity contribution in [3.8, 4) is 5.75 Å². The smallest absolute Gasteiger partial charge is 0.260 e. The molecular formula is C13H18N2O2S. The van der Waals surface area contributed by atoms with Crippen LogP contribution in [0.15, 0.2) is 24.3 Å². The summed E-state index contributed by atoms with van der Waals surface area (Å²) in [4.78, 5) is 13.9. The van der Waals surface area contributed by atoms with Gasteiger partial charge in [0.25, 0.3) is 5.91 Å². The second kappa shape index (κ2) is 6.00. The molecule has 1 aliphatic rings. The SMILES string of the molecule is CC1CSCCN1C(=O)COc1cccc(N)c1. The highest BCUT2D eigenvalue weighted by Crippen LogP contribution is 2.17. The average Bonchev–Trinajstić information content (AvgIpc) is 2.37. The highest BCUT2D eigenvalue weighted by Gasteiger charge is 2.23. The number of carbonyl (C=O) groups excluding carboxylic acids is 1. The van der Waals surface area contributed by atoms with Gasteiger partial charge in [0.05, 0.1) is 0 Å². The molecule has 2 N–H and O–H groups in total. The maximum atomic E-state index is 12.0. The molecule has 5 heteroatoms. The van der Waals surface area contributed by atoms with Gasteiger partial charge >= 0.3 is 0 Å². The van der Waals surface area contributed by atoms with E-state index in [4.69, 9.17) is 10.5 Å². The molecule has 0 bridgehead atoms. The van der Waals surface area contributed by atoms with Crippen molar-refractivity contribution in [1.29, 1.82) is 0 Å². The van der Waals surface area contributed by atoms with E-state index in [1.165, 1.54) is 0 Å². The molecule has 18 heavy (non-hydrogen) atoms. The van der Waals surface area contributed by atoms with Crippen LogP contribution in [-0.2, 0) is 4.79 Å². The summed E-state index contributed by atoms with van der Waals surface area (Å²) in [6.45, 7) is 2.97. The largest absolute Gasteiger partial charge is 0.484 e. The van der Waals surface area contributed by atoms with Crippen molar-refractivity contribution >= 4 is 23.4 Å². The monoisotopic (exact) mass is 266 g/mol. The lowest BCUT2D eigenvalue weighted by atomic mass is 10.3. The number of ether oxygens (including phenoxy) is 1. The first-order valence-corrected chi connectivity index (χ1v) is 7.18. The van der Waals surface area contributed by atoms with E-state index in [2.05, 4.69) is 6.92 Å². The third kappa shape index (κ3) is 3.32. The van der Waals surface area contributed by atoms with E-state index in [1.807, 2.05) is 22.7 Å². The number of carbonyl (C=O) groups is 1. The molecule has 1 aliphatic heterocycles. The Bertz CT molecular complexity index is 425. The number of nitrogens with two attached hydrogens (primary N) is 1. The van der Waals surface area contributed by atoms with E-state index in [9.17, 15) is 4.79 Å². The zero-order valence-corrected chi connectivity index (χ0v) is 11.3. The molecule has 1 unspecified atom stereocenters. The first kappa shape index (κ1) is 13.1. The second-order valence-corrected chi connectivity index (χ2v) is 5.52. The molecule has 0 radical (unpaired) electrons. The molecule has 98 valence electrons. The summed E-state index contributed by atoms with van der Waals surface area (Å²) in [6.07, 6.45) is 0. The van der Waals surface area contributed by atoms with Crippen LogP contribution < -0.4 is 10.5 Å². The Morgan fingerprint density at radius 1 is 1.61 bits per heavy atom. The Kier molecular flexibility index (Phi) is 4.36. The van der Waals surface area contributed by atoms with Crippen molar-refractivity contribution < 1.29 is 9.53 Å². The van der Waals surface area contributed by atoms with Gasteiger partial charge in [-0.1, -0.05) is 6.07 Å². The highest BCUT2D eigenvalue weighted by molar-refractivity contribution is 7.99. The Morgan fingerprint density at radius 2 is 2.44 bits per heavy atom. The van der Waals surface area contributed by atoms with Gasteiger partial charge in [-0.2, -0.15) is 11.8 Å². The maximum absolute atomic E-state index is 12.0. The molecule has 0 spiro atoms. The molecule has 1 atom stereocenters. The fourth-order valence-corrected chi connectivity index (χ4v) is 2.94. The van der Waals surface area contributed by atoms with Crippen molar-refractivity contribution in [1.82, 2.24) is 4.90 Å². The molecule has 1 amide bonds. The number of hydrogen-bond acceptors (Lipinski definition) is 4. The molecule has 1 fully saturated rings. The fourth-order valence-electron chi connectivity index (χ4n) is 1.93. The lowest BCUT2D eigenvalue weighted by molar-refractivity contribution is -0.134. The number of benzene rings is 1. The van der Waals surface area contributed by atoms with Crippen LogP contribution in [0.2, 0.25) is 0 Å². The predicted octanol–water partition coefficient (Wildman–Crippen LogP) is 1.61. The lowest BCUT2D eigenvalue weighted by Gasteiger charge is -2.32. The van der Waals surface area contributed by atoms with E-state index in [1.54, 1.807) is 18.2 Å². The fraction of sp³-hybridized carbons (Fsp3) is 0.462. The Hall–Kier alpha value is -1.36. The van der Waals surface area contributed by atoms with Crippen molar-refractivity contribution in [2.75, 3.05) is 30.4 Å². The molecule has 1 heterocycles. The zero-order chi connectivity index (χ0) is 13.0. The van der Waals surface area contributed by atoms with Crippen molar-refractivity contribution in [3.63, 3.8) is 0 Å². The van der Waals surface area contributed by atoms with Crippen molar-refractivity contribution in [3.05, 3.63) is 24.3 Å². The van der Waals surface area contributed by atoms with Crippen LogP contribution in [0.3, 0.4) is 0 Å². The van der Waals surface area contributed by atoms with E-state index < -0.39 is 0 Å². The van der Waals surface area contributed by atoms with Crippen LogP contribution >= 0.6 is 11.8 Å². The first-order valence-electron chi connectivity index (χ1n) is 6.02. The van der Waals surface area contributed by atoms with E-state index >= 15 is 0 Å². The van der Waals surface area contributed by atoms with Gasteiger partial charge in [0, 0.05) is 35.8 Å². The number of nitrogens with zero attached hydrogens (tertiary/aromatic N) is 1. The van der Waals surface area contributed by atoms with Crippen LogP contribution in [0, 0.1) is 0 Å². The quantitative estimate of drug-likeness (QED) is 0.845. The number of anilines is 1. The first-order chi connectivity index (χ1) is 8.66. The number of nitrogen functional groups attached to an aromatic ring is 1. The maximum Gasteiger partial charge on any atom is 0.260 e. The summed E-state index contributed by atoms with van der Waals surface area (Å²) in [7, 11) is 0. The number of amides is 1. The summed E-state index contributed by atoms with van der Waals surface area (Å²) < 4.78 is 5.47. The lowest BCUT2D eigenvalue weighted by Crippen LogP contribution is -2.46. The minimum Gasteiger partial charge on any atom is -0.484 e. The number of rotatable bonds is 3. The average molecular weight is 266 g/mol. The third-order valence-corrected chi connectivity index (χ3v) is 4.10. The summed E-state index contributed by atoms with van der Waals surface area (Å²) in [6, 6.07) is 7.43. The molecule has 0 aromatic heterocycles. The standard InChI is InChI=1S/C13H18N2O2S/c1-10-9-18-6-5-15(10)13(16)8-17-12-4-2-3-11(14)7-12/h2-4,7,10H,5-6,8-9,14H2,1H3. The summed E-state index contributed by atoms with van der Waals surface area (Å²) in [5.41, 5.74) is 6.29. The number of thioether (sulfide) groups is 1. The third-order valence-electron chi connectivity index (χ3n) is 2.91. The van der Waals surface area contributed by atoms with Gasteiger partial charge in [-0.25, -0.2) is 0 Å². The van der Waals surface area contributed by atoms with E-state index in [-0.39, 0.29) is 12.5 Å². The molecule has 0 saturated carbocycles. The van der Waals surface area contributed by atoms with Gasteiger partial charge in [-0.05, 0) is 19.1 Å². The van der Waals surface area contributed by atoms with E-state index in [0.29, 0.717) is 17.5 Å². The van der Waals surface area contributed by atoms with Gasteiger partial charge in [0.15, 0.2) is 6.61 Å². The summed E-state index contributed by atoms with van der Waals surface area (Å²) in [5, 5.41) is 0.